The van der Waals surface area contributed by atoms with Gasteiger partial charge in [0.1, 0.15) is 0 Å². The molecule has 0 amide bonds. The van der Waals surface area contributed by atoms with E-state index < -0.39 is 0 Å². The third-order valence-corrected chi connectivity index (χ3v) is 5.49. The van der Waals surface area contributed by atoms with Crippen molar-refractivity contribution >= 4 is 0 Å². The summed E-state index contributed by atoms with van der Waals surface area (Å²) in [6, 6.07) is 0.797. The predicted octanol–water partition coefficient (Wildman–Crippen LogP) is 2.45. The van der Waals surface area contributed by atoms with Crippen LogP contribution >= 0.6 is 0 Å². The van der Waals surface area contributed by atoms with Crippen LogP contribution in [0.3, 0.4) is 0 Å². The van der Waals surface area contributed by atoms with E-state index in [9.17, 15) is 0 Å². The molecule has 1 saturated heterocycles. The fourth-order valence-corrected chi connectivity index (χ4v) is 4.30. The molecule has 1 aliphatic carbocycles. The number of nitrogens with two attached hydrogens (primary N) is 1. The smallest absolute Gasteiger partial charge is 0.0347 e. The summed E-state index contributed by atoms with van der Waals surface area (Å²) in [5.41, 5.74) is 6.56. The molecule has 1 aliphatic heterocycles. The Morgan fingerprint density at radius 3 is 2.47 bits per heavy atom. The zero-order valence-corrected chi connectivity index (χ0v) is 13.0. The summed E-state index contributed by atoms with van der Waals surface area (Å²) in [7, 11) is 2.25. The van der Waals surface area contributed by atoms with Crippen LogP contribution in [0.5, 0.6) is 0 Å². The van der Waals surface area contributed by atoms with E-state index in [1.54, 1.807) is 0 Å². The van der Waals surface area contributed by atoms with Crippen LogP contribution in [0.25, 0.3) is 0 Å². The molecule has 1 saturated carbocycles. The second kappa shape index (κ2) is 7.05. The van der Waals surface area contributed by atoms with E-state index in [2.05, 4.69) is 23.8 Å². The van der Waals surface area contributed by atoms with Gasteiger partial charge in [-0.25, -0.2) is 0 Å². The van der Waals surface area contributed by atoms with Crippen LogP contribution in [0, 0.1) is 0 Å². The Kier molecular flexibility index (Phi) is 5.67. The fourth-order valence-electron chi connectivity index (χ4n) is 4.30. The Balaban J connectivity index is 2.11. The van der Waals surface area contributed by atoms with Crippen molar-refractivity contribution in [1.82, 2.24) is 9.80 Å². The van der Waals surface area contributed by atoms with Gasteiger partial charge in [-0.05, 0) is 58.8 Å². The number of likely N-dealkylation sites (N-methyl/N-ethyl adjacent to an activating group) is 1. The molecule has 0 aromatic heterocycles. The van der Waals surface area contributed by atoms with Crippen molar-refractivity contribution in [3.63, 3.8) is 0 Å². The van der Waals surface area contributed by atoms with E-state index >= 15 is 0 Å². The largest absolute Gasteiger partial charge is 0.329 e. The van der Waals surface area contributed by atoms with Crippen LogP contribution in [-0.2, 0) is 0 Å². The van der Waals surface area contributed by atoms with E-state index in [0.29, 0.717) is 0 Å². The predicted molar refractivity (Wildman–Crippen MR) is 82.4 cm³/mol. The van der Waals surface area contributed by atoms with Gasteiger partial charge in [0.15, 0.2) is 0 Å². The van der Waals surface area contributed by atoms with E-state index in [1.165, 1.54) is 71.0 Å². The molecule has 1 atom stereocenters. The van der Waals surface area contributed by atoms with Gasteiger partial charge < -0.3 is 10.6 Å². The lowest BCUT2D eigenvalue weighted by atomic mass is 9.83. The second-order valence-corrected chi connectivity index (χ2v) is 6.66. The van der Waals surface area contributed by atoms with Gasteiger partial charge in [-0.3, -0.25) is 4.90 Å². The summed E-state index contributed by atoms with van der Waals surface area (Å²) in [6.07, 6.45) is 10.9. The van der Waals surface area contributed by atoms with Crippen LogP contribution in [0.2, 0.25) is 0 Å². The van der Waals surface area contributed by atoms with Crippen LogP contribution in [0.15, 0.2) is 0 Å². The summed E-state index contributed by atoms with van der Waals surface area (Å²) in [5, 5.41) is 0. The minimum atomic E-state index is 0.279. The first-order chi connectivity index (χ1) is 9.22. The molecule has 2 N–H and O–H groups in total. The molecule has 19 heavy (non-hydrogen) atoms. The molecule has 2 fully saturated rings. The number of hydrogen-bond donors (Lipinski definition) is 1. The average molecular weight is 267 g/mol. The first-order valence-corrected chi connectivity index (χ1v) is 8.37. The Morgan fingerprint density at radius 1 is 1.11 bits per heavy atom. The van der Waals surface area contributed by atoms with Crippen LogP contribution in [0.1, 0.15) is 58.3 Å². The van der Waals surface area contributed by atoms with Gasteiger partial charge in [0.25, 0.3) is 0 Å². The molecule has 0 aromatic rings. The van der Waals surface area contributed by atoms with Crippen molar-refractivity contribution < 1.29 is 0 Å². The normalized spacial score (nSPS) is 31.6. The minimum Gasteiger partial charge on any atom is -0.329 e. The third kappa shape index (κ3) is 3.50. The Hall–Kier alpha value is -0.120. The quantitative estimate of drug-likeness (QED) is 0.849. The summed E-state index contributed by atoms with van der Waals surface area (Å²) in [4.78, 5) is 5.28. The van der Waals surface area contributed by atoms with Gasteiger partial charge in [-0.1, -0.05) is 26.2 Å². The number of likely N-dealkylation sites (tertiary alicyclic amines) is 1. The van der Waals surface area contributed by atoms with Gasteiger partial charge in [0.05, 0.1) is 0 Å². The molecule has 3 nitrogen and oxygen atoms in total. The molecule has 0 spiro atoms. The highest BCUT2D eigenvalue weighted by Gasteiger charge is 2.39. The Bertz CT molecular complexity index is 263. The molecular weight excluding hydrogens is 234 g/mol. The lowest BCUT2D eigenvalue weighted by Crippen LogP contribution is -2.58. The van der Waals surface area contributed by atoms with Crippen LogP contribution < -0.4 is 5.73 Å². The molecule has 2 rings (SSSR count). The van der Waals surface area contributed by atoms with Gasteiger partial charge in [-0.2, -0.15) is 0 Å². The van der Waals surface area contributed by atoms with Gasteiger partial charge in [0.2, 0.25) is 0 Å². The topological polar surface area (TPSA) is 32.5 Å². The van der Waals surface area contributed by atoms with Crippen molar-refractivity contribution in [2.75, 3.05) is 33.2 Å². The molecule has 112 valence electrons. The highest BCUT2D eigenvalue weighted by Crippen LogP contribution is 2.34. The molecule has 0 bridgehead atoms. The molecule has 0 aromatic carbocycles. The number of nitrogens with zero attached hydrogens (tertiary/aromatic N) is 2. The van der Waals surface area contributed by atoms with Gasteiger partial charge in [0, 0.05) is 18.1 Å². The van der Waals surface area contributed by atoms with Crippen molar-refractivity contribution in [3.05, 3.63) is 0 Å². The average Bonchev–Trinajstić information content (AvgIpc) is 2.64. The van der Waals surface area contributed by atoms with E-state index in [1.807, 2.05) is 0 Å². The molecule has 1 unspecified atom stereocenters. The molecule has 2 aliphatic rings. The zero-order chi connectivity index (χ0) is 13.7. The van der Waals surface area contributed by atoms with Gasteiger partial charge >= 0.3 is 0 Å². The molecular formula is C16H33N3. The summed E-state index contributed by atoms with van der Waals surface area (Å²) in [6.45, 7) is 6.79. The molecule has 3 heteroatoms. The summed E-state index contributed by atoms with van der Waals surface area (Å²) in [5.74, 6) is 0. The van der Waals surface area contributed by atoms with Crippen LogP contribution in [-0.4, -0.2) is 54.6 Å². The number of rotatable bonds is 4. The highest BCUT2D eigenvalue weighted by molar-refractivity contribution is 4.97. The summed E-state index contributed by atoms with van der Waals surface area (Å²) < 4.78 is 0. The summed E-state index contributed by atoms with van der Waals surface area (Å²) >= 11 is 0. The van der Waals surface area contributed by atoms with Crippen molar-refractivity contribution in [3.8, 4) is 0 Å². The second-order valence-electron chi connectivity index (χ2n) is 6.66. The molecule has 1 heterocycles. The minimum absolute atomic E-state index is 0.279. The van der Waals surface area contributed by atoms with Crippen molar-refractivity contribution in [2.24, 2.45) is 5.73 Å². The Morgan fingerprint density at radius 2 is 1.84 bits per heavy atom. The SMILES string of the molecule is CCN(C1CCCCC1)C1(CN)CCCN(C)CC1. The van der Waals surface area contributed by atoms with E-state index in [4.69, 9.17) is 5.73 Å². The maximum Gasteiger partial charge on any atom is 0.0347 e. The van der Waals surface area contributed by atoms with Crippen molar-refractivity contribution in [2.45, 2.75) is 69.9 Å². The lowest BCUT2D eigenvalue weighted by Gasteiger charge is -2.48. The van der Waals surface area contributed by atoms with E-state index in [0.717, 1.165) is 12.6 Å². The van der Waals surface area contributed by atoms with E-state index in [-0.39, 0.29) is 5.54 Å². The first kappa shape index (κ1) is 15.3. The van der Waals surface area contributed by atoms with Crippen LogP contribution in [0.4, 0.5) is 0 Å². The monoisotopic (exact) mass is 267 g/mol. The maximum atomic E-state index is 6.28. The number of hydrogen-bond acceptors (Lipinski definition) is 3. The van der Waals surface area contributed by atoms with Gasteiger partial charge in [-0.15, -0.1) is 0 Å². The first-order valence-electron chi connectivity index (χ1n) is 8.37. The standard InChI is InChI=1S/C16H33N3/c1-3-19(15-8-5-4-6-9-15)16(14-17)10-7-12-18(2)13-11-16/h15H,3-14,17H2,1-2H3. The zero-order valence-electron chi connectivity index (χ0n) is 13.0. The van der Waals surface area contributed by atoms with Crippen molar-refractivity contribution in [1.29, 1.82) is 0 Å². The molecule has 0 radical (unpaired) electrons. The Labute approximate surface area is 119 Å². The third-order valence-electron chi connectivity index (χ3n) is 5.49. The lowest BCUT2D eigenvalue weighted by molar-refractivity contribution is 0.0246. The fraction of sp³-hybridized carbons (Fsp3) is 1.00. The highest BCUT2D eigenvalue weighted by atomic mass is 15.2. The maximum absolute atomic E-state index is 6.28.